The summed E-state index contributed by atoms with van der Waals surface area (Å²) in [5.41, 5.74) is 0.752. The van der Waals surface area contributed by atoms with Crippen LogP contribution in [0.3, 0.4) is 0 Å². The maximum atomic E-state index is 12.1. The van der Waals surface area contributed by atoms with Crippen molar-refractivity contribution >= 4 is 11.6 Å². The number of rotatable bonds is 6. The van der Waals surface area contributed by atoms with Gasteiger partial charge >= 0.3 is 0 Å². The minimum atomic E-state index is -0.397. The van der Waals surface area contributed by atoms with E-state index in [1.54, 1.807) is 24.3 Å². The van der Waals surface area contributed by atoms with Crippen molar-refractivity contribution in [2.24, 2.45) is 0 Å². The van der Waals surface area contributed by atoms with Crippen LogP contribution in [-0.4, -0.2) is 23.6 Å². The molecule has 0 radical (unpaired) electrons. The highest BCUT2D eigenvalue weighted by Crippen LogP contribution is 2.21. The largest absolute Gasteiger partial charge is 0.320 e. The number of nitrogens with zero attached hydrogens (tertiary/aromatic N) is 2. The molecule has 0 aliphatic rings. The minimum Gasteiger partial charge on any atom is -0.320 e. The number of aromatic nitrogens is 2. The van der Waals surface area contributed by atoms with E-state index in [0.29, 0.717) is 28.5 Å². The molecule has 5 nitrogen and oxygen atoms in total. The Kier molecular flexibility index (Phi) is 5.70. The van der Waals surface area contributed by atoms with Crippen LogP contribution in [0.5, 0.6) is 0 Å². The van der Waals surface area contributed by atoms with E-state index in [1.165, 1.54) is 0 Å². The highest BCUT2D eigenvalue weighted by atomic mass is 35.5. The molecule has 0 amide bonds. The van der Waals surface area contributed by atoms with Crippen LogP contribution in [0.1, 0.15) is 24.2 Å². The maximum Gasteiger partial charge on any atom is 0.269 e. The van der Waals surface area contributed by atoms with Gasteiger partial charge in [0, 0.05) is 17.0 Å². The molecule has 2 aromatic rings. The highest BCUT2D eigenvalue weighted by Gasteiger charge is 2.13. The molecule has 0 spiro atoms. The van der Waals surface area contributed by atoms with Gasteiger partial charge in [-0.3, -0.25) is 4.79 Å². The Bertz CT molecular complexity index is 731. The number of nitriles is 1. The third kappa shape index (κ3) is 3.94. The smallest absolute Gasteiger partial charge is 0.269 e. The quantitative estimate of drug-likeness (QED) is 0.802. The van der Waals surface area contributed by atoms with Gasteiger partial charge in [0.1, 0.15) is 17.5 Å². The monoisotopic (exact) mass is 316 g/mol. The summed E-state index contributed by atoms with van der Waals surface area (Å²) in [5, 5.41) is 12.9. The van der Waals surface area contributed by atoms with Crippen molar-refractivity contribution in [1.82, 2.24) is 15.3 Å². The summed E-state index contributed by atoms with van der Waals surface area (Å²) >= 11 is 5.87. The predicted octanol–water partition coefficient (Wildman–Crippen LogP) is 2.50. The maximum absolute atomic E-state index is 12.1. The lowest BCUT2D eigenvalue weighted by Crippen LogP contribution is -2.17. The molecule has 0 aliphatic carbocycles. The Balaban J connectivity index is 2.34. The van der Waals surface area contributed by atoms with Crippen LogP contribution >= 0.6 is 11.6 Å². The first kappa shape index (κ1) is 16.2. The van der Waals surface area contributed by atoms with Crippen LogP contribution in [-0.2, 0) is 6.42 Å². The van der Waals surface area contributed by atoms with E-state index in [-0.39, 0.29) is 5.56 Å². The Morgan fingerprint density at radius 3 is 2.68 bits per heavy atom. The number of aryl methyl sites for hydroxylation is 1. The van der Waals surface area contributed by atoms with Crippen LogP contribution in [0.2, 0.25) is 5.02 Å². The summed E-state index contributed by atoms with van der Waals surface area (Å²) in [6.07, 6.45) is 2.58. The second-order valence-electron chi connectivity index (χ2n) is 4.92. The van der Waals surface area contributed by atoms with E-state index in [2.05, 4.69) is 15.3 Å². The SMILES string of the molecule is CNCCCCc1nc(-c2ccc(Cl)cc2)c(C#N)c(=O)[nH]1. The average molecular weight is 317 g/mol. The first-order chi connectivity index (χ1) is 10.7. The standard InChI is InChI=1S/C16H17ClN4O/c1-19-9-3-2-4-14-20-15(13(10-18)16(22)21-14)11-5-7-12(17)8-6-11/h5-8,19H,2-4,9H2,1H3,(H,20,21,22). The summed E-state index contributed by atoms with van der Waals surface area (Å²) in [4.78, 5) is 19.2. The topological polar surface area (TPSA) is 81.6 Å². The number of aromatic amines is 1. The van der Waals surface area contributed by atoms with Crippen molar-refractivity contribution in [1.29, 1.82) is 5.26 Å². The molecule has 1 heterocycles. The Labute approximate surface area is 134 Å². The van der Waals surface area contributed by atoms with Gasteiger partial charge in [-0.2, -0.15) is 5.26 Å². The third-order valence-corrected chi connectivity index (χ3v) is 3.54. The number of H-pyrrole nitrogens is 1. The Hall–Kier alpha value is -2.16. The molecule has 2 N–H and O–H groups in total. The number of unbranched alkanes of at least 4 members (excludes halogenated alkanes) is 1. The lowest BCUT2D eigenvalue weighted by Gasteiger charge is -2.07. The normalized spacial score (nSPS) is 10.4. The first-order valence-corrected chi connectivity index (χ1v) is 7.47. The molecule has 2 rings (SSSR count). The number of halogens is 1. The fraction of sp³-hybridized carbons (Fsp3) is 0.312. The Morgan fingerprint density at radius 2 is 2.05 bits per heavy atom. The molecular weight excluding hydrogens is 300 g/mol. The van der Waals surface area contributed by atoms with Crippen molar-refractivity contribution < 1.29 is 0 Å². The molecule has 114 valence electrons. The first-order valence-electron chi connectivity index (χ1n) is 7.09. The van der Waals surface area contributed by atoms with Crippen molar-refractivity contribution in [3.05, 3.63) is 51.0 Å². The number of hydrogen-bond acceptors (Lipinski definition) is 4. The van der Waals surface area contributed by atoms with Crippen molar-refractivity contribution in [3.8, 4) is 17.3 Å². The molecule has 22 heavy (non-hydrogen) atoms. The van der Waals surface area contributed by atoms with Crippen molar-refractivity contribution in [2.45, 2.75) is 19.3 Å². The zero-order chi connectivity index (χ0) is 15.9. The van der Waals surface area contributed by atoms with E-state index >= 15 is 0 Å². The van der Waals surface area contributed by atoms with E-state index in [1.807, 2.05) is 13.1 Å². The van der Waals surface area contributed by atoms with Gasteiger partial charge in [0.25, 0.3) is 5.56 Å². The number of benzene rings is 1. The summed E-state index contributed by atoms with van der Waals surface area (Å²) in [5.74, 6) is 0.602. The summed E-state index contributed by atoms with van der Waals surface area (Å²) < 4.78 is 0. The molecular formula is C16H17ClN4O. The molecule has 0 fully saturated rings. The van der Waals surface area contributed by atoms with Crippen LogP contribution < -0.4 is 10.9 Å². The van der Waals surface area contributed by atoms with E-state index in [4.69, 9.17) is 11.6 Å². The second kappa shape index (κ2) is 7.74. The summed E-state index contributed by atoms with van der Waals surface area (Å²) in [7, 11) is 1.90. The average Bonchev–Trinajstić information content (AvgIpc) is 2.52. The zero-order valence-electron chi connectivity index (χ0n) is 12.3. The molecule has 1 aromatic heterocycles. The van der Waals surface area contributed by atoms with E-state index in [9.17, 15) is 10.1 Å². The van der Waals surface area contributed by atoms with Gasteiger partial charge in [-0.15, -0.1) is 0 Å². The van der Waals surface area contributed by atoms with E-state index < -0.39 is 5.56 Å². The van der Waals surface area contributed by atoms with Crippen LogP contribution in [0.25, 0.3) is 11.3 Å². The lowest BCUT2D eigenvalue weighted by atomic mass is 10.1. The van der Waals surface area contributed by atoms with Crippen LogP contribution in [0, 0.1) is 11.3 Å². The molecule has 0 saturated carbocycles. The summed E-state index contributed by atoms with van der Waals surface area (Å²) in [6.45, 7) is 0.921. The van der Waals surface area contributed by atoms with Gasteiger partial charge < -0.3 is 10.3 Å². The van der Waals surface area contributed by atoms with Gasteiger partial charge in [0.15, 0.2) is 0 Å². The molecule has 1 aromatic carbocycles. The van der Waals surface area contributed by atoms with Crippen LogP contribution in [0.15, 0.2) is 29.1 Å². The fourth-order valence-electron chi connectivity index (χ4n) is 2.15. The zero-order valence-corrected chi connectivity index (χ0v) is 13.1. The van der Waals surface area contributed by atoms with Crippen molar-refractivity contribution in [2.75, 3.05) is 13.6 Å². The van der Waals surface area contributed by atoms with Gasteiger partial charge in [-0.1, -0.05) is 23.7 Å². The number of hydrogen-bond donors (Lipinski definition) is 2. The fourth-order valence-corrected chi connectivity index (χ4v) is 2.28. The molecule has 6 heteroatoms. The molecule has 0 unspecified atom stereocenters. The minimum absolute atomic E-state index is 0.0290. The Morgan fingerprint density at radius 1 is 1.32 bits per heavy atom. The lowest BCUT2D eigenvalue weighted by molar-refractivity contribution is 0.661. The second-order valence-corrected chi connectivity index (χ2v) is 5.35. The molecule has 0 bridgehead atoms. The predicted molar refractivity (Wildman–Crippen MR) is 86.9 cm³/mol. The molecule has 0 atom stereocenters. The number of nitrogens with one attached hydrogen (secondary N) is 2. The van der Waals surface area contributed by atoms with Gasteiger partial charge in [0.2, 0.25) is 0 Å². The van der Waals surface area contributed by atoms with Gasteiger partial charge in [-0.05, 0) is 38.6 Å². The third-order valence-electron chi connectivity index (χ3n) is 3.29. The van der Waals surface area contributed by atoms with E-state index in [0.717, 1.165) is 19.4 Å². The van der Waals surface area contributed by atoms with Crippen molar-refractivity contribution in [3.63, 3.8) is 0 Å². The van der Waals surface area contributed by atoms with Gasteiger partial charge in [-0.25, -0.2) is 4.98 Å². The molecule has 0 aliphatic heterocycles. The van der Waals surface area contributed by atoms with Gasteiger partial charge in [0.05, 0.1) is 5.69 Å². The summed E-state index contributed by atoms with van der Waals surface area (Å²) in [6, 6.07) is 8.88. The molecule has 0 saturated heterocycles. The highest BCUT2D eigenvalue weighted by molar-refractivity contribution is 6.30. The van der Waals surface area contributed by atoms with Crippen LogP contribution in [0.4, 0.5) is 0 Å².